The van der Waals surface area contributed by atoms with Crippen molar-refractivity contribution in [3.8, 4) is 16.9 Å². The molecule has 0 aliphatic heterocycles. The molecule has 0 unspecified atom stereocenters. The fourth-order valence-electron chi connectivity index (χ4n) is 1.63. The number of hydrogen-bond donors (Lipinski definition) is 1. The summed E-state index contributed by atoms with van der Waals surface area (Å²) in [4.78, 5) is 0.934. The van der Waals surface area contributed by atoms with E-state index in [1.54, 1.807) is 7.11 Å². The number of para-hydroxylation sites is 1. The van der Waals surface area contributed by atoms with E-state index in [1.807, 2.05) is 48.5 Å². The molecule has 3 heteroatoms. The van der Waals surface area contributed by atoms with Crippen LogP contribution in [0.25, 0.3) is 11.1 Å². The topological polar surface area (TPSA) is 18.5 Å². The largest absolute Gasteiger partial charge is 0.467 e. The molecule has 0 bridgehead atoms. The lowest BCUT2D eigenvalue weighted by atomic mass is 10.1. The predicted molar refractivity (Wildman–Crippen MR) is 71.6 cm³/mol. The van der Waals surface area contributed by atoms with Crippen LogP contribution in [-0.4, -0.2) is 13.9 Å². The molecular weight excluding hydrogens is 232 g/mol. The van der Waals surface area contributed by atoms with Gasteiger partial charge in [-0.3, -0.25) is 0 Å². The van der Waals surface area contributed by atoms with E-state index < -0.39 is 0 Å². The van der Waals surface area contributed by atoms with Crippen molar-refractivity contribution >= 4 is 12.6 Å². The van der Waals surface area contributed by atoms with Crippen molar-refractivity contribution in [1.29, 1.82) is 0 Å². The Hall–Kier alpha value is -1.45. The fraction of sp³-hybridized carbons (Fsp3) is 0.143. The van der Waals surface area contributed by atoms with Crippen LogP contribution in [0.5, 0.6) is 5.75 Å². The zero-order chi connectivity index (χ0) is 12.1. The van der Waals surface area contributed by atoms with Crippen LogP contribution in [0.2, 0.25) is 0 Å². The normalized spacial score (nSPS) is 10.2. The number of hydrogen-bond acceptors (Lipinski definition) is 3. The molecule has 0 aliphatic rings. The molecule has 0 N–H and O–H groups in total. The van der Waals surface area contributed by atoms with Gasteiger partial charge in [-0.05, 0) is 23.8 Å². The Bertz CT molecular complexity index is 497. The molecule has 17 heavy (non-hydrogen) atoms. The van der Waals surface area contributed by atoms with E-state index in [1.165, 1.54) is 0 Å². The van der Waals surface area contributed by atoms with Crippen LogP contribution in [0.3, 0.4) is 0 Å². The first-order valence-electron chi connectivity index (χ1n) is 5.31. The molecule has 2 nitrogen and oxygen atoms in total. The minimum atomic E-state index is 0.248. The molecule has 0 amide bonds. The highest BCUT2D eigenvalue weighted by Crippen LogP contribution is 2.30. The highest BCUT2D eigenvalue weighted by molar-refractivity contribution is 7.80. The molecular formula is C14H14O2S. The van der Waals surface area contributed by atoms with E-state index in [0.29, 0.717) is 0 Å². The summed E-state index contributed by atoms with van der Waals surface area (Å²) in [6, 6.07) is 15.9. The summed E-state index contributed by atoms with van der Waals surface area (Å²) in [5, 5.41) is 0. The SMILES string of the molecule is COCOc1ccccc1-c1cccc(S)c1. The maximum absolute atomic E-state index is 5.53. The Morgan fingerprint density at radius 2 is 1.88 bits per heavy atom. The van der Waals surface area contributed by atoms with E-state index in [0.717, 1.165) is 21.8 Å². The molecule has 0 saturated heterocycles. The van der Waals surface area contributed by atoms with E-state index in [4.69, 9.17) is 9.47 Å². The Labute approximate surface area is 107 Å². The van der Waals surface area contributed by atoms with Gasteiger partial charge in [0.1, 0.15) is 5.75 Å². The summed E-state index contributed by atoms with van der Waals surface area (Å²) in [7, 11) is 1.61. The van der Waals surface area contributed by atoms with Gasteiger partial charge in [0.15, 0.2) is 6.79 Å². The van der Waals surface area contributed by atoms with Crippen molar-refractivity contribution in [3.63, 3.8) is 0 Å². The zero-order valence-electron chi connectivity index (χ0n) is 9.59. The van der Waals surface area contributed by atoms with Crippen LogP contribution in [0.15, 0.2) is 53.4 Å². The van der Waals surface area contributed by atoms with Crippen molar-refractivity contribution in [3.05, 3.63) is 48.5 Å². The fourth-order valence-corrected chi connectivity index (χ4v) is 1.85. The number of rotatable bonds is 4. The van der Waals surface area contributed by atoms with Crippen molar-refractivity contribution in [2.75, 3.05) is 13.9 Å². The summed E-state index contributed by atoms with van der Waals surface area (Å²) >= 11 is 4.34. The second-order valence-corrected chi connectivity index (χ2v) is 4.11. The lowest BCUT2D eigenvalue weighted by Gasteiger charge is -2.10. The maximum Gasteiger partial charge on any atom is 0.188 e. The molecule has 0 atom stereocenters. The molecule has 0 saturated carbocycles. The Balaban J connectivity index is 2.37. The monoisotopic (exact) mass is 246 g/mol. The summed E-state index contributed by atoms with van der Waals surface area (Å²) < 4.78 is 10.5. The van der Waals surface area contributed by atoms with Gasteiger partial charge in [0.25, 0.3) is 0 Å². The van der Waals surface area contributed by atoms with Gasteiger partial charge < -0.3 is 9.47 Å². The van der Waals surface area contributed by atoms with E-state index in [9.17, 15) is 0 Å². The molecule has 2 rings (SSSR count). The van der Waals surface area contributed by atoms with Crippen molar-refractivity contribution in [2.45, 2.75) is 4.90 Å². The van der Waals surface area contributed by atoms with Gasteiger partial charge in [-0.15, -0.1) is 12.6 Å². The van der Waals surface area contributed by atoms with E-state index >= 15 is 0 Å². The average molecular weight is 246 g/mol. The molecule has 88 valence electrons. The maximum atomic E-state index is 5.53. The molecule has 0 spiro atoms. The third kappa shape index (κ3) is 3.02. The third-order valence-corrected chi connectivity index (χ3v) is 2.65. The van der Waals surface area contributed by atoms with Crippen LogP contribution in [0.1, 0.15) is 0 Å². The predicted octanol–water partition coefficient (Wildman–Crippen LogP) is 3.63. The first-order chi connectivity index (χ1) is 8.31. The molecule has 0 fully saturated rings. The highest BCUT2D eigenvalue weighted by Gasteiger charge is 2.05. The van der Waals surface area contributed by atoms with Gasteiger partial charge in [0, 0.05) is 17.6 Å². The number of benzene rings is 2. The van der Waals surface area contributed by atoms with Crippen molar-refractivity contribution in [2.24, 2.45) is 0 Å². The highest BCUT2D eigenvalue weighted by atomic mass is 32.1. The molecule has 0 aromatic heterocycles. The van der Waals surface area contributed by atoms with Crippen molar-refractivity contribution in [1.82, 2.24) is 0 Å². The second-order valence-electron chi connectivity index (χ2n) is 3.60. The Morgan fingerprint density at radius 3 is 2.65 bits per heavy atom. The van der Waals surface area contributed by atoms with E-state index in [2.05, 4.69) is 12.6 Å². The number of ether oxygens (including phenoxy) is 2. The van der Waals surface area contributed by atoms with Crippen molar-refractivity contribution < 1.29 is 9.47 Å². The molecule has 0 aliphatic carbocycles. The first kappa shape index (κ1) is 12.0. The quantitative estimate of drug-likeness (QED) is 0.656. The van der Waals surface area contributed by atoms with Gasteiger partial charge in [-0.25, -0.2) is 0 Å². The number of methoxy groups -OCH3 is 1. The van der Waals surface area contributed by atoms with Crippen LogP contribution in [0, 0.1) is 0 Å². The number of thiol groups is 1. The van der Waals surface area contributed by atoms with E-state index in [-0.39, 0.29) is 6.79 Å². The smallest absolute Gasteiger partial charge is 0.188 e. The van der Waals surface area contributed by atoms with Crippen LogP contribution < -0.4 is 4.74 Å². The third-order valence-electron chi connectivity index (χ3n) is 2.38. The van der Waals surface area contributed by atoms with Gasteiger partial charge in [0.05, 0.1) is 0 Å². The Morgan fingerprint density at radius 1 is 1.06 bits per heavy atom. The molecule has 2 aromatic carbocycles. The average Bonchev–Trinajstić information content (AvgIpc) is 2.37. The lowest BCUT2D eigenvalue weighted by molar-refractivity contribution is 0.0515. The van der Waals surface area contributed by atoms with Crippen LogP contribution in [-0.2, 0) is 4.74 Å². The molecule has 0 radical (unpaired) electrons. The first-order valence-corrected chi connectivity index (χ1v) is 5.76. The lowest BCUT2D eigenvalue weighted by Crippen LogP contribution is -1.99. The summed E-state index contributed by atoms with van der Waals surface area (Å²) in [5.41, 5.74) is 2.13. The van der Waals surface area contributed by atoms with Gasteiger partial charge in [-0.1, -0.05) is 30.3 Å². The zero-order valence-corrected chi connectivity index (χ0v) is 10.5. The molecule has 0 heterocycles. The van der Waals surface area contributed by atoms with Gasteiger partial charge in [0.2, 0.25) is 0 Å². The standard InChI is InChI=1S/C14H14O2S/c1-15-10-16-14-8-3-2-7-13(14)11-5-4-6-12(17)9-11/h2-9,17H,10H2,1H3. The van der Waals surface area contributed by atoms with Crippen LogP contribution >= 0.6 is 12.6 Å². The minimum Gasteiger partial charge on any atom is -0.467 e. The summed E-state index contributed by atoms with van der Waals surface area (Å²) in [6.45, 7) is 0.248. The second kappa shape index (κ2) is 5.75. The summed E-state index contributed by atoms with van der Waals surface area (Å²) in [6.07, 6.45) is 0. The summed E-state index contributed by atoms with van der Waals surface area (Å²) in [5.74, 6) is 0.813. The van der Waals surface area contributed by atoms with Gasteiger partial charge >= 0.3 is 0 Å². The van der Waals surface area contributed by atoms with Crippen LogP contribution in [0.4, 0.5) is 0 Å². The molecule has 2 aromatic rings. The van der Waals surface area contributed by atoms with Gasteiger partial charge in [-0.2, -0.15) is 0 Å². The Kier molecular flexibility index (Phi) is 4.07. The minimum absolute atomic E-state index is 0.248.